The molecule has 9 heteroatoms. The number of nitrogens with one attached hydrogen (secondary N) is 1. The lowest BCUT2D eigenvalue weighted by atomic mass is 10.1. The molecule has 3 aromatic carbocycles. The minimum absolute atomic E-state index is 0.0536. The number of aromatic carboxylic acids is 1. The van der Waals surface area contributed by atoms with Crippen LogP contribution in [0.3, 0.4) is 0 Å². The molecule has 1 amide bonds. The number of hydrogen-bond donors (Lipinski definition) is 3. The molecule has 9 nitrogen and oxygen atoms in total. The van der Waals surface area contributed by atoms with E-state index in [9.17, 15) is 24.6 Å². The zero-order valence-electron chi connectivity index (χ0n) is 24.6. The number of ether oxygens (including phenoxy) is 3. The van der Waals surface area contributed by atoms with Crippen molar-refractivity contribution in [2.45, 2.75) is 71.1 Å². The zero-order chi connectivity index (χ0) is 30.8. The maximum Gasteiger partial charge on any atom is 0.335 e. The van der Waals surface area contributed by atoms with Crippen molar-refractivity contribution in [2.75, 3.05) is 6.61 Å². The molecule has 0 aliphatic heterocycles. The van der Waals surface area contributed by atoms with Gasteiger partial charge >= 0.3 is 11.9 Å². The summed E-state index contributed by atoms with van der Waals surface area (Å²) in [5.41, 5.74) is 2.73. The molecule has 3 N–H and O–H groups in total. The fraction of sp³-hybridized carbons (Fsp3) is 0.382. The van der Waals surface area contributed by atoms with Gasteiger partial charge in [0.2, 0.25) is 5.91 Å². The molecule has 1 fully saturated rings. The van der Waals surface area contributed by atoms with Crippen LogP contribution in [0.1, 0.15) is 66.6 Å². The molecule has 1 aliphatic rings. The van der Waals surface area contributed by atoms with Gasteiger partial charge in [0.25, 0.3) is 0 Å². The minimum atomic E-state index is -1.09. The van der Waals surface area contributed by atoms with Crippen LogP contribution < -0.4 is 19.5 Å². The molecule has 0 aromatic heterocycles. The van der Waals surface area contributed by atoms with Crippen molar-refractivity contribution in [1.29, 1.82) is 0 Å². The standard InChI is InChI=1S/C34H39NO8/c1-22(2)43-30-14-7-24(8-15-30)21-42-29-12-5-23(6-13-29)4-3-17-41-31-16-10-25(33(37)38)18-27(31)20-32(36)35-28-11-9-26(19-28)34(39)40/h5-8,10,12-16,18,22,26,28H,3-4,9,11,17,19-21H2,1-2H3,(H,35,36)(H,37,38)(H,39,40)/t26-,28+/m1/s1. The van der Waals surface area contributed by atoms with Crippen molar-refractivity contribution < 1.29 is 38.8 Å². The predicted molar refractivity (Wildman–Crippen MR) is 161 cm³/mol. The Bertz CT molecular complexity index is 1380. The molecule has 43 heavy (non-hydrogen) atoms. The van der Waals surface area contributed by atoms with Gasteiger partial charge in [-0.05, 0) is 99.5 Å². The van der Waals surface area contributed by atoms with Gasteiger partial charge in [-0.1, -0.05) is 24.3 Å². The molecule has 1 aliphatic carbocycles. The summed E-state index contributed by atoms with van der Waals surface area (Å²) < 4.78 is 17.6. The van der Waals surface area contributed by atoms with Gasteiger partial charge in [0.1, 0.15) is 23.9 Å². The van der Waals surface area contributed by atoms with Crippen LogP contribution in [-0.2, 0) is 29.0 Å². The van der Waals surface area contributed by atoms with Crippen LogP contribution in [-0.4, -0.2) is 46.8 Å². The van der Waals surface area contributed by atoms with Crippen LogP contribution in [0.25, 0.3) is 0 Å². The van der Waals surface area contributed by atoms with E-state index in [1.54, 1.807) is 6.07 Å². The Kier molecular flexibility index (Phi) is 11.0. The van der Waals surface area contributed by atoms with E-state index < -0.39 is 17.9 Å². The topological polar surface area (TPSA) is 131 Å². The maximum atomic E-state index is 12.7. The monoisotopic (exact) mass is 589 g/mol. The van der Waals surface area contributed by atoms with E-state index in [0.717, 1.165) is 35.5 Å². The second kappa shape index (κ2) is 15.1. The van der Waals surface area contributed by atoms with Crippen molar-refractivity contribution in [2.24, 2.45) is 5.92 Å². The maximum absolute atomic E-state index is 12.7. The molecule has 0 bridgehead atoms. The molecular weight excluding hydrogens is 550 g/mol. The Labute approximate surface area is 251 Å². The van der Waals surface area contributed by atoms with E-state index in [2.05, 4.69) is 5.32 Å². The van der Waals surface area contributed by atoms with Gasteiger partial charge in [0, 0.05) is 11.6 Å². The van der Waals surface area contributed by atoms with Crippen molar-refractivity contribution in [3.05, 3.63) is 89.0 Å². The first kappa shape index (κ1) is 31.4. The highest BCUT2D eigenvalue weighted by Crippen LogP contribution is 2.27. The van der Waals surface area contributed by atoms with Crippen LogP contribution in [0.5, 0.6) is 17.2 Å². The molecule has 1 saturated carbocycles. The number of carboxylic acid groups (broad SMARTS) is 2. The van der Waals surface area contributed by atoms with Crippen LogP contribution >= 0.6 is 0 Å². The lowest BCUT2D eigenvalue weighted by molar-refractivity contribution is -0.141. The Morgan fingerprint density at radius 1 is 0.884 bits per heavy atom. The fourth-order valence-corrected chi connectivity index (χ4v) is 5.09. The summed E-state index contributed by atoms with van der Waals surface area (Å²) in [5.74, 6) is -0.597. The predicted octanol–water partition coefficient (Wildman–Crippen LogP) is 5.67. The molecule has 228 valence electrons. The van der Waals surface area contributed by atoms with Gasteiger partial charge in [0.05, 0.1) is 30.6 Å². The number of carbonyl (C=O) groups is 3. The van der Waals surface area contributed by atoms with Crippen molar-refractivity contribution in [3.8, 4) is 17.2 Å². The molecule has 2 atom stereocenters. The molecule has 4 rings (SSSR count). The highest BCUT2D eigenvalue weighted by molar-refractivity contribution is 5.89. The number of aliphatic carboxylic acids is 1. The molecular formula is C34H39NO8. The number of benzene rings is 3. The lowest BCUT2D eigenvalue weighted by Gasteiger charge is -2.15. The average Bonchev–Trinajstić information content (AvgIpc) is 3.44. The SMILES string of the molecule is CC(C)Oc1ccc(COc2ccc(CCCOc3ccc(C(=O)O)cc3CC(=O)N[C@H]3CC[C@@H](C(=O)O)C3)cc2)cc1. The van der Waals surface area contributed by atoms with Crippen molar-refractivity contribution in [1.82, 2.24) is 5.32 Å². The summed E-state index contributed by atoms with van der Waals surface area (Å²) in [6.45, 7) is 4.83. The van der Waals surface area contributed by atoms with E-state index in [4.69, 9.17) is 14.2 Å². The number of carboxylic acids is 2. The second-order valence-electron chi connectivity index (χ2n) is 11.1. The van der Waals surface area contributed by atoms with Gasteiger partial charge in [-0.3, -0.25) is 9.59 Å². The third-order valence-electron chi connectivity index (χ3n) is 7.30. The summed E-state index contributed by atoms with van der Waals surface area (Å²) in [4.78, 5) is 35.5. The third-order valence-corrected chi connectivity index (χ3v) is 7.30. The van der Waals surface area contributed by atoms with E-state index in [1.807, 2.05) is 62.4 Å². The smallest absolute Gasteiger partial charge is 0.335 e. The number of rotatable bonds is 15. The first-order valence-electron chi connectivity index (χ1n) is 14.6. The highest BCUT2D eigenvalue weighted by atomic mass is 16.5. The van der Waals surface area contributed by atoms with Crippen molar-refractivity contribution in [3.63, 3.8) is 0 Å². The molecule has 3 aromatic rings. The zero-order valence-corrected chi connectivity index (χ0v) is 24.6. The summed E-state index contributed by atoms with van der Waals surface area (Å²) in [6, 6.07) is 20.1. The quantitative estimate of drug-likeness (QED) is 0.193. The van der Waals surface area contributed by atoms with Gasteiger partial charge in [-0.25, -0.2) is 4.79 Å². The van der Waals surface area contributed by atoms with Gasteiger partial charge in [0.15, 0.2) is 0 Å². The highest BCUT2D eigenvalue weighted by Gasteiger charge is 2.30. The Hall–Kier alpha value is -4.53. The molecule has 0 spiro atoms. The van der Waals surface area contributed by atoms with E-state index >= 15 is 0 Å². The number of aryl methyl sites for hydroxylation is 1. The molecule has 0 saturated heterocycles. The summed E-state index contributed by atoms with van der Waals surface area (Å²) in [7, 11) is 0. The van der Waals surface area contributed by atoms with E-state index in [1.165, 1.54) is 12.1 Å². The summed E-state index contributed by atoms with van der Waals surface area (Å²) >= 11 is 0. The first-order valence-corrected chi connectivity index (χ1v) is 14.6. The summed E-state index contributed by atoms with van der Waals surface area (Å²) in [6.07, 6.45) is 3.10. The Balaban J connectivity index is 1.24. The summed E-state index contributed by atoms with van der Waals surface area (Å²) in [5, 5.41) is 21.5. The van der Waals surface area contributed by atoms with Crippen molar-refractivity contribution >= 4 is 17.8 Å². The van der Waals surface area contributed by atoms with Gasteiger partial charge < -0.3 is 29.7 Å². The largest absolute Gasteiger partial charge is 0.493 e. The fourth-order valence-electron chi connectivity index (χ4n) is 5.09. The van der Waals surface area contributed by atoms with E-state index in [-0.39, 0.29) is 30.0 Å². The molecule has 0 unspecified atom stereocenters. The number of amides is 1. The van der Waals surface area contributed by atoms with Gasteiger partial charge in [-0.2, -0.15) is 0 Å². The lowest BCUT2D eigenvalue weighted by Crippen LogP contribution is -2.34. The van der Waals surface area contributed by atoms with Crippen LogP contribution in [0, 0.1) is 5.92 Å². The average molecular weight is 590 g/mol. The second-order valence-corrected chi connectivity index (χ2v) is 11.1. The van der Waals surface area contributed by atoms with Crippen LogP contribution in [0.4, 0.5) is 0 Å². The number of hydrogen-bond acceptors (Lipinski definition) is 6. The Morgan fingerprint density at radius 2 is 1.58 bits per heavy atom. The molecule has 0 heterocycles. The normalized spacial score (nSPS) is 16.1. The van der Waals surface area contributed by atoms with Crippen LogP contribution in [0.2, 0.25) is 0 Å². The third kappa shape index (κ3) is 9.77. The first-order chi connectivity index (χ1) is 20.7. The Morgan fingerprint density at radius 3 is 2.23 bits per heavy atom. The number of carbonyl (C=O) groups excluding carboxylic acids is 1. The molecule has 0 radical (unpaired) electrons. The van der Waals surface area contributed by atoms with Gasteiger partial charge in [-0.15, -0.1) is 0 Å². The van der Waals surface area contributed by atoms with Crippen LogP contribution in [0.15, 0.2) is 66.7 Å². The van der Waals surface area contributed by atoms with E-state index in [0.29, 0.717) is 43.8 Å². The minimum Gasteiger partial charge on any atom is -0.493 e.